The molecular formula is C31H24ClN3O4. The number of fused-ring (bicyclic) bond motifs is 8. The third-order valence-electron chi connectivity index (χ3n) is 9.25. The molecule has 7 nitrogen and oxygen atoms in total. The zero-order chi connectivity index (χ0) is 26.7. The van der Waals surface area contributed by atoms with Crippen molar-refractivity contribution in [1.29, 1.82) is 0 Å². The van der Waals surface area contributed by atoms with Crippen LogP contribution in [0, 0.1) is 12.8 Å². The Labute approximate surface area is 229 Å². The number of nitrogens with one attached hydrogen (secondary N) is 2. The van der Waals surface area contributed by atoms with Gasteiger partial charge in [0.1, 0.15) is 16.5 Å². The van der Waals surface area contributed by atoms with E-state index >= 15 is 0 Å². The van der Waals surface area contributed by atoms with Crippen LogP contribution in [0.25, 0.3) is 11.0 Å². The van der Waals surface area contributed by atoms with Crippen molar-refractivity contribution in [2.45, 2.75) is 36.8 Å². The number of carbonyl (C=O) groups excluding carboxylic acids is 3. The Kier molecular flexibility index (Phi) is 4.47. The minimum atomic E-state index is -1.53. The van der Waals surface area contributed by atoms with Gasteiger partial charge < -0.3 is 15.1 Å². The molecule has 0 unspecified atom stereocenters. The van der Waals surface area contributed by atoms with Crippen molar-refractivity contribution in [3.63, 3.8) is 0 Å². The summed E-state index contributed by atoms with van der Waals surface area (Å²) in [6, 6.07) is 20.0. The van der Waals surface area contributed by atoms with Crippen molar-refractivity contribution in [2.75, 3.05) is 17.2 Å². The maximum Gasteiger partial charge on any atom is 0.251 e. The summed E-state index contributed by atoms with van der Waals surface area (Å²) in [6.45, 7) is 2.50. The van der Waals surface area contributed by atoms with E-state index in [4.69, 9.17) is 16.0 Å². The van der Waals surface area contributed by atoms with Crippen molar-refractivity contribution in [2.24, 2.45) is 5.92 Å². The number of hydrogen-bond acceptors (Lipinski definition) is 5. The predicted molar refractivity (Wildman–Crippen MR) is 147 cm³/mol. The molecule has 0 saturated carbocycles. The predicted octanol–water partition coefficient (Wildman–Crippen LogP) is 5.41. The third kappa shape index (κ3) is 2.55. The quantitative estimate of drug-likeness (QED) is 0.334. The second kappa shape index (κ2) is 7.58. The minimum absolute atomic E-state index is 0.197. The van der Waals surface area contributed by atoms with Crippen molar-refractivity contribution in [1.82, 2.24) is 4.90 Å². The SMILES string of the molecule is Cc1cc(Cl)c2c(c1)[C@@]1(C(=O)N2)N2CCC[C@@H]2[C@@H](C(=O)c2cc3ccccc3o2)[C@@]12C(=O)Nc1ccccc12. The van der Waals surface area contributed by atoms with Gasteiger partial charge in [-0.05, 0) is 61.7 Å². The first-order valence-electron chi connectivity index (χ1n) is 13.2. The van der Waals surface area contributed by atoms with Gasteiger partial charge in [-0.15, -0.1) is 0 Å². The molecular weight excluding hydrogens is 514 g/mol. The lowest BCUT2D eigenvalue weighted by molar-refractivity contribution is -0.137. The van der Waals surface area contributed by atoms with E-state index < -0.39 is 16.9 Å². The Balaban J connectivity index is 1.48. The molecule has 8 rings (SSSR count). The van der Waals surface area contributed by atoms with E-state index in [9.17, 15) is 14.4 Å². The molecule has 2 amide bonds. The van der Waals surface area contributed by atoms with E-state index in [1.54, 1.807) is 6.07 Å². The number of para-hydroxylation sites is 2. The molecule has 0 aliphatic carbocycles. The van der Waals surface area contributed by atoms with Gasteiger partial charge in [-0.1, -0.05) is 54.1 Å². The highest BCUT2D eigenvalue weighted by molar-refractivity contribution is 6.35. The van der Waals surface area contributed by atoms with Crippen LogP contribution in [0.3, 0.4) is 0 Å². The highest BCUT2D eigenvalue weighted by atomic mass is 35.5. The van der Waals surface area contributed by atoms with Crippen LogP contribution < -0.4 is 10.6 Å². The number of nitrogens with zero attached hydrogens (tertiary/aromatic N) is 1. The molecule has 2 N–H and O–H groups in total. The number of benzene rings is 3. The number of Topliss-reactive ketones (excluding diaryl/α,β-unsaturated/α-hetero) is 1. The van der Waals surface area contributed by atoms with Gasteiger partial charge in [0.25, 0.3) is 5.91 Å². The molecule has 3 aromatic carbocycles. The van der Waals surface area contributed by atoms with Gasteiger partial charge in [-0.2, -0.15) is 0 Å². The molecule has 4 aromatic rings. The number of halogens is 1. The molecule has 0 bridgehead atoms. The molecule has 5 heterocycles. The van der Waals surface area contributed by atoms with Gasteiger partial charge in [0.2, 0.25) is 11.7 Å². The van der Waals surface area contributed by atoms with Crippen LogP contribution in [-0.2, 0) is 20.5 Å². The lowest BCUT2D eigenvalue weighted by Gasteiger charge is -2.43. The second-order valence-corrected chi connectivity index (χ2v) is 11.4. The Bertz CT molecular complexity index is 1750. The summed E-state index contributed by atoms with van der Waals surface area (Å²) in [5.41, 5.74) is 0.916. The van der Waals surface area contributed by atoms with Crippen LogP contribution in [0.15, 0.2) is 71.1 Å². The average Bonchev–Trinajstić information content (AvgIpc) is 3.71. The average molecular weight is 538 g/mol. The van der Waals surface area contributed by atoms with Crippen LogP contribution in [0.1, 0.15) is 40.1 Å². The summed E-state index contributed by atoms with van der Waals surface area (Å²) in [5, 5.41) is 7.32. The summed E-state index contributed by atoms with van der Waals surface area (Å²) in [7, 11) is 0. The van der Waals surface area contributed by atoms with Gasteiger partial charge in [-0.25, -0.2) is 0 Å². The monoisotopic (exact) mass is 537 g/mol. The highest BCUT2D eigenvalue weighted by Crippen LogP contribution is 2.68. The normalized spacial score (nSPS) is 28.7. The zero-order valence-electron chi connectivity index (χ0n) is 21.1. The van der Waals surface area contributed by atoms with E-state index in [-0.39, 0.29) is 29.4 Å². The molecule has 8 heteroatoms. The lowest BCUT2D eigenvalue weighted by atomic mass is 9.57. The summed E-state index contributed by atoms with van der Waals surface area (Å²) in [4.78, 5) is 45.9. The van der Waals surface area contributed by atoms with Crippen LogP contribution in [0.5, 0.6) is 0 Å². The summed E-state index contributed by atoms with van der Waals surface area (Å²) >= 11 is 6.70. The van der Waals surface area contributed by atoms with Gasteiger partial charge in [-0.3, -0.25) is 19.3 Å². The van der Waals surface area contributed by atoms with Crippen molar-refractivity contribution in [3.8, 4) is 0 Å². The zero-order valence-corrected chi connectivity index (χ0v) is 21.8. The van der Waals surface area contributed by atoms with E-state index in [0.29, 0.717) is 46.1 Å². The molecule has 2 spiro atoms. The first kappa shape index (κ1) is 23.0. The van der Waals surface area contributed by atoms with E-state index in [1.165, 1.54) is 0 Å². The number of aryl methyl sites for hydroxylation is 1. The van der Waals surface area contributed by atoms with Crippen molar-refractivity contribution in [3.05, 3.63) is 94.2 Å². The highest BCUT2D eigenvalue weighted by Gasteiger charge is 2.81. The van der Waals surface area contributed by atoms with E-state index in [1.807, 2.05) is 67.6 Å². The van der Waals surface area contributed by atoms with Crippen LogP contribution in [0.2, 0.25) is 5.02 Å². The number of hydrogen-bond donors (Lipinski definition) is 2. The lowest BCUT2D eigenvalue weighted by Crippen LogP contribution is -2.62. The van der Waals surface area contributed by atoms with Gasteiger partial charge >= 0.3 is 0 Å². The van der Waals surface area contributed by atoms with Crippen molar-refractivity contribution < 1.29 is 18.8 Å². The Hall–Kier alpha value is -3.94. The first-order chi connectivity index (χ1) is 18.9. The summed E-state index contributed by atoms with van der Waals surface area (Å²) in [5.74, 6) is -1.62. The molecule has 39 heavy (non-hydrogen) atoms. The number of ketones is 1. The van der Waals surface area contributed by atoms with Crippen LogP contribution in [0.4, 0.5) is 11.4 Å². The number of amides is 2. The smallest absolute Gasteiger partial charge is 0.251 e. The van der Waals surface area contributed by atoms with Crippen LogP contribution >= 0.6 is 11.6 Å². The maximum atomic E-state index is 14.7. The third-order valence-corrected chi connectivity index (χ3v) is 9.55. The van der Waals surface area contributed by atoms with Crippen LogP contribution in [-0.4, -0.2) is 35.1 Å². The minimum Gasteiger partial charge on any atom is -0.453 e. The number of rotatable bonds is 2. The van der Waals surface area contributed by atoms with Gasteiger partial charge in [0.05, 0.1) is 16.6 Å². The number of furan rings is 1. The first-order valence-corrected chi connectivity index (χ1v) is 13.6. The molecule has 1 aromatic heterocycles. The maximum absolute atomic E-state index is 14.7. The van der Waals surface area contributed by atoms with E-state index in [2.05, 4.69) is 15.5 Å². The molecule has 2 saturated heterocycles. The molecule has 4 atom stereocenters. The molecule has 194 valence electrons. The number of carbonyl (C=O) groups is 3. The molecule has 4 aliphatic heterocycles. The molecule has 4 aliphatic rings. The summed E-state index contributed by atoms with van der Waals surface area (Å²) in [6.07, 6.45) is 1.48. The van der Waals surface area contributed by atoms with E-state index in [0.717, 1.165) is 17.4 Å². The summed E-state index contributed by atoms with van der Waals surface area (Å²) < 4.78 is 6.08. The largest absolute Gasteiger partial charge is 0.453 e. The Morgan fingerprint density at radius 2 is 1.79 bits per heavy atom. The second-order valence-electron chi connectivity index (χ2n) is 11.0. The number of anilines is 2. The Morgan fingerprint density at radius 3 is 2.64 bits per heavy atom. The fourth-order valence-electron chi connectivity index (χ4n) is 8.03. The fraction of sp³-hybridized carbons (Fsp3) is 0.258. The fourth-order valence-corrected chi connectivity index (χ4v) is 8.35. The van der Waals surface area contributed by atoms with Crippen molar-refractivity contribution >= 4 is 51.5 Å². The molecule has 0 radical (unpaired) electrons. The van der Waals surface area contributed by atoms with Gasteiger partial charge in [0.15, 0.2) is 5.76 Å². The molecule has 2 fully saturated rings. The topological polar surface area (TPSA) is 91.7 Å². The Morgan fingerprint density at radius 1 is 1.00 bits per heavy atom. The standard InChI is InChI=1S/C31H24ClN3O4/c1-16-13-19-26(20(32)14-16)34-29(38)31(19)30(18-8-3-4-9-21(18)33-28(30)37)25(22-10-6-12-35(22)31)27(36)24-15-17-7-2-5-11-23(17)39-24/h2-5,7-9,11,13-15,22,25H,6,10,12H2,1H3,(H,33,37)(H,34,38)/t22-,25+,30+,31+/m1/s1. The van der Waals surface area contributed by atoms with Gasteiger partial charge in [0, 0.05) is 22.7 Å².